The number of methoxy groups -OCH3 is 1. The summed E-state index contributed by atoms with van der Waals surface area (Å²) < 4.78 is 10.8. The number of nitro groups is 1. The van der Waals surface area contributed by atoms with Gasteiger partial charge in [-0.2, -0.15) is 0 Å². The molecule has 8 nitrogen and oxygen atoms in total. The molecule has 0 spiro atoms. The van der Waals surface area contributed by atoms with E-state index < -0.39 is 4.92 Å². The molecule has 2 rings (SSSR count). The Morgan fingerprint density at radius 3 is 2.65 bits per heavy atom. The Hall–Kier alpha value is -2.19. The predicted octanol–water partition coefficient (Wildman–Crippen LogP) is 1.65. The third kappa shape index (κ3) is 4.64. The number of anilines is 1. The molecule has 1 heterocycles. The summed E-state index contributed by atoms with van der Waals surface area (Å²) in [4.78, 5) is 24.6. The fourth-order valence-electron chi connectivity index (χ4n) is 2.71. The van der Waals surface area contributed by atoms with Crippen molar-refractivity contribution < 1.29 is 19.2 Å². The third-order valence-electron chi connectivity index (χ3n) is 3.53. The molecule has 0 aromatic heterocycles. The summed E-state index contributed by atoms with van der Waals surface area (Å²) in [6.45, 7) is 5.46. The van der Waals surface area contributed by atoms with Gasteiger partial charge in [0.15, 0.2) is 0 Å². The number of amides is 1. The minimum atomic E-state index is -0.513. The second-order valence-corrected chi connectivity index (χ2v) is 5.64. The lowest BCUT2D eigenvalue weighted by atomic mass is 10.2. The molecule has 0 bridgehead atoms. The lowest BCUT2D eigenvalue weighted by Crippen LogP contribution is -2.48. The summed E-state index contributed by atoms with van der Waals surface area (Å²) >= 11 is 0. The first kappa shape index (κ1) is 17.2. The highest BCUT2D eigenvalue weighted by Gasteiger charge is 2.24. The van der Waals surface area contributed by atoms with E-state index in [9.17, 15) is 14.9 Å². The van der Waals surface area contributed by atoms with Crippen LogP contribution in [0, 0.1) is 10.1 Å². The summed E-state index contributed by atoms with van der Waals surface area (Å²) in [5.41, 5.74) is 0.191. The van der Waals surface area contributed by atoms with Gasteiger partial charge in [0, 0.05) is 25.2 Å². The molecule has 1 amide bonds. The lowest BCUT2D eigenvalue weighted by molar-refractivity contribution is -0.384. The minimum absolute atomic E-state index is 0.0684. The Labute approximate surface area is 134 Å². The Kier molecular flexibility index (Phi) is 5.51. The van der Waals surface area contributed by atoms with Crippen LogP contribution in [0.5, 0.6) is 5.75 Å². The highest BCUT2D eigenvalue weighted by atomic mass is 16.6. The first-order valence-electron chi connectivity index (χ1n) is 7.39. The van der Waals surface area contributed by atoms with Gasteiger partial charge in [-0.25, -0.2) is 0 Å². The average molecular weight is 323 g/mol. The fourth-order valence-corrected chi connectivity index (χ4v) is 2.71. The highest BCUT2D eigenvalue weighted by Crippen LogP contribution is 2.28. The molecule has 126 valence electrons. The largest absolute Gasteiger partial charge is 0.495 e. The fraction of sp³-hybridized carbons (Fsp3) is 0.533. The van der Waals surface area contributed by atoms with E-state index in [2.05, 4.69) is 5.32 Å². The van der Waals surface area contributed by atoms with Crippen LogP contribution in [0.4, 0.5) is 11.4 Å². The number of hydrogen-bond acceptors (Lipinski definition) is 6. The van der Waals surface area contributed by atoms with E-state index >= 15 is 0 Å². The monoisotopic (exact) mass is 323 g/mol. The number of benzene rings is 1. The van der Waals surface area contributed by atoms with Gasteiger partial charge in [0.2, 0.25) is 5.91 Å². The number of nitrogens with zero attached hydrogens (tertiary/aromatic N) is 2. The van der Waals surface area contributed by atoms with Gasteiger partial charge in [-0.1, -0.05) is 0 Å². The van der Waals surface area contributed by atoms with Crippen molar-refractivity contribution in [2.75, 3.05) is 32.1 Å². The molecule has 1 aromatic carbocycles. The van der Waals surface area contributed by atoms with E-state index in [-0.39, 0.29) is 30.3 Å². The number of carbonyl (C=O) groups excluding carboxylic acids is 1. The molecular formula is C15H21N3O5. The number of hydrogen-bond donors (Lipinski definition) is 1. The zero-order chi connectivity index (χ0) is 17.0. The van der Waals surface area contributed by atoms with Crippen LogP contribution in [0.3, 0.4) is 0 Å². The van der Waals surface area contributed by atoms with Crippen LogP contribution < -0.4 is 10.1 Å². The Balaban J connectivity index is 2.04. The van der Waals surface area contributed by atoms with Crippen LogP contribution in [0.1, 0.15) is 13.8 Å². The third-order valence-corrected chi connectivity index (χ3v) is 3.53. The topological polar surface area (TPSA) is 93.9 Å². The smallest absolute Gasteiger partial charge is 0.271 e. The maximum absolute atomic E-state index is 12.2. The summed E-state index contributed by atoms with van der Waals surface area (Å²) in [6, 6.07) is 4.09. The van der Waals surface area contributed by atoms with Gasteiger partial charge in [-0.15, -0.1) is 0 Å². The van der Waals surface area contributed by atoms with E-state index in [1.165, 1.54) is 25.3 Å². The quantitative estimate of drug-likeness (QED) is 0.654. The molecular weight excluding hydrogens is 302 g/mol. The van der Waals surface area contributed by atoms with Crippen molar-refractivity contribution >= 4 is 17.3 Å². The standard InChI is InChI=1S/C15H21N3O5/c1-10-7-17(8-11(2)23-10)9-15(19)16-13-6-12(18(20)21)4-5-14(13)22-3/h4-6,10-11H,7-9H2,1-3H3,(H,16,19)/t10-,11+. The maximum Gasteiger partial charge on any atom is 0.271 e. The minimum Gasteiger partial charge on any atom is -0.495 e. The molecule has 0 saturated carbocycles. The van der Waals surface area contributed by atoms with E-state index in [0.29, 0.717) is 24.5 Å². The van der Waals surface area contributed by atoms with Crippen molar-refractivity contribution in [3.05, 3.63) is 28.3 Å². The molecule has 0 unspecified atom stereocenters. The second-order valence-electron chi connectivity index (χ2n) is 5.64. The van der Waals surface area contributed by atoms with E-state index in [0.717, 1.165) is 0 Å². The molecule has 1 aliphatic rings. The van der Waals surface area contributed by atoms with Gasteiger partial charge in [0.1, 0.15) is 5.75 Å². The Bertz CT molecular complexity index is 582. The number of nitrogens with one attached hydrogen (secondary N) is 1. The number of rotatable bonds is 5. The van der Waals surface area contributed by atoms with Gasteiger partial charge in [-0.3, -0.25) is 19.8 Å². The van der Waals surface area contributed by atoms with Crippen molar-refractivity contribution in [3.63, 3.8) is 0 Å². The molecule has 8 heteroatoms. The number of nitro benzene ring substituents is 1. The van der Waals surface area contributed by atoms with E-state index in [4.69, 9.17) is 9.47 Å². The molecule has 1 aromatic rings. The lowest BCUT2D eigenvalue weighted by Gasteiger charge is -2.34. The van der Waals surface area contributed by atoms with Gasteiger partial charge in [-0.05, 0) is 19.9 Å². The number of carbonyl (C=O) groups is 1. The van der Waals surface area contributed by atoms with Crippen molar-refractivity contribution in [2.45, 2.75) is 26.1 Å². The van der Waals surface area contributed by atoms with Crippen molar-refractivity contribution in [1.29, 1.82) is 0 Å². The van der Waals surface area contributed by atoms with Gasteiger partial charge in [0.25, 0.3) is 5.69 Å². The van der Waals surface area contributed by atoms with Crippen molar-refractivity contribution in [3.8, 4) is 5.75 Å². The first-order valence-corrected chi connectivity index (χ1v) is 7.39. The first-order chi connectivity index (χ1) is 10.9. The van der Waals surface area contributed by atoms with E-state index in [1.54, 1.807) is 0 Å². The molecule has 1 aliphatic heterocycles. The zero-order valence-electron chi connectivity index (χ0n) is 13.4. The van der Waals surface area contributed by atoms with Crippen LogP contribution in [-0.4, -0.2) is 54.7 Å². The number of non-ortho nitro benzene ring substituents is 1. The summed E-state index contributed by atoms with van der Waals surface area (Å²) in [5.74, 6) is 0.137. The second kappa shape index (κ2) is 7.38. The van der Waals surface area contributed by atoms with Crippen molar-refractivity contribution in [1.82, 2.24) is 4.90 Å². The van der Waals surface area contributed by atoms with Gasteiger partial charge in [0.05, 0.1) is 36.5 Å². The van der Waals surface area contributed by atoms with Crippen LogP contribution in [0.15, 0.2) is 18.2 Å². The van der Waals surface area contributed by atoms with Crippen molar-refractivity contribution in [2.24, 2.45) is 0 Å². The maximum atomic E-state index is 12.2. The molecule has 0 aliphatic carbocycles. The van der Waals surface area contributed by atoms with Gasteiger partial charge < -0.3 is 14.8 Å². The number of morpholine rings is 1. The Morgan fingerprint density at radius 1 is 1.43 bits per heavy atom. The van der Waals surface area contributed by atoms with Crippen LogP contribution in [0.25, 0.3) is 0 Å². The average Bonchev–Trinajstić information content (AvgIpc) is 2.45. The van der Waals surface area contributed by atoms with Crippen LogP contribution >= 0.6 is 0 Å². The molecule has 2 atom stereocenters. The van der Waals surface area contributed by atoms with Crippen LogP contribution in [-0.2, 0) is 9.53 Å². The SMILES string of the molecule is COc1ccc([N+](=O)[O-])cc1NC(=O)CN1C[C@@H](C)O[C@@H](C)C1. The Morgan fingerprint density at radius 2 is 2.09 bits per heavy atom. The summed E-state index contributed by atoms with van der Waals surface area (Å²) in [7, 11) is 1.45. The molecule has 1 saturated heterocycles. The number of ether oxygens (including phenoxy) is 2. The molecule has 0 radical (unpaired) electrons. The van der Waals surface area contributed by atoms with E-state index in [1.807, 2.05) is 18.7 Å². The molecule has 1 N–H and O–H groups in total. The van der Waals surface area contributed by atoms with Gasteiger partial charge >= 0.3 is 0 Å². The highest BCUT2D eigenvalue weighted by molar-refractivity contribution is 5.94. The molecule has 23 heavy (non-hydrogen) atoms. The summed E-state index contributed by atoms with van der Waals surface area (Å²) in [6.07, 6.45) is 0.137. The summed E-state index contributed by atoms with van der Waals surface area (Å²) in [5, 5.41) is 13.5. The molecule has 1 fully saturated rings. The predicted molar refractivity (Wildman–Crippen MR) is 84.7 cm³/mol. The van der Waals surface area contributed by atoms with Crippen LogP contribution in [0.2, 0.25) is 0 Å². The normalized spacial score (nSPS) is 21.7. The zero-order valence-corrected chi connectivity index (χ0v) is 13.4.